The first-order valence-corrected chi connectivity index (χ1v) is 7.28. The van der Waals surface area contributed by atoms with Crippen LogP contribution in [0.15, 0.2) is 28.8 Å². The lowest BCUT2D eigenvalue weighted by Gasteiger charge is -2.06. The van der Waals surface area contributed by atoms with Gasteiger partial charge in [0.1, 0.15) is 5.75 Å². The summed E-state index contributed by atoms with van der Waals surface area (Å²) < 4.78 is 5.17. The molecule has 0 unspecified atom stereocenters. The van der Waals surface area contributed by atoms with Crippen LogP contribution in [0.25, 0.3) is 0 Å². The van der Waals surface area contributed by atoms with Gasteiger partial charge in [-0.1, -0.05) is 24.2 Å². The summed E-state index contributed by atoms with van der Waals surface area (Å²) in [5.74, 6) is 3.15. The van der Waals surface area contributed by atoms with Gasteiger partial charge in [-0.15, -0.1) is 0 Å². The van der Waals surface area contributed by atoms with Crippen molar-refractivity contribution in [1.29, 1.82) is 0 Å². The molecule has 2 rings (SSSR count). The van der Waals surface area contributed by atoms with Crippen molar-refractivity contribution >= 4 is 11.8 Å². The van der Waals surface area contributed by atoms with E-state index in [9.17, 15) is 5.11 Å². The first-order valence-electron chi connectivity index (χ1n) is 6.12. The van der Waals surface area contributed by atoms with Crippen LogP contribution in [0, 0.1) is 0 Å². The predicted octanol–water partition coefficient (Wildman–Crippen LogP) is 2.27. The van der Waals surface area contributed by atoms with E-state index < -0.39 is 0 Å². The molecule has 1 heterocycles. The van der Waals surface area contributed by atoms with Gasteiger partial charge in [-0.2, -0.15) is 16.7 Å². The van der Waals surface area contributed by atoms with Crippen LogP contribution in [-0.2, 0) is 12.2 Å². The Kier molecular flexibility index (Phi) is 4.81. The van der Waals surface area contributed by atoms with E-state index >= 15 is 0 Å². The maximum absolute atomic E-state index is 9.22. The van der Waals surface area contributed by atoms with Crippen LogP contribution in [0.3, 0.4) is 0 Å². The molecule has 6 heteroatoms. The van der Waals surface area contributed by atoms with Gasteiger partial charge in [-0.05, 0) is 29.9 Å². The Labute approximate surface area is 116 Å². The molecule has 5 nitrogen and oxygen atoms in total. The highest BCUT2D eigenvalue weighted by molar-refractivity contribution is 7.98. The van der Waals surface area contributed by atoms with Gasteiger partial charge in [-0.25, -0.2) is 0 Å². The van der Waals surface area contributed by atoms with Crippen molar-refractivity contribution in [2.24, 2.45) is 5.73 Å². The monoisotopic (exact) mass is 279 g/mol. The smallest absolute Gasteiger partial charge is 0.243 e. The highest BCUT2D eigenvalue weighted by Crippen LogP contribution is 2.18. The van der Waals surface area contributed by atoms with Crippen molar-refractivity contribution in [2.75, 3.05) is 5.75 Å². The average molecular weight is 279 g/mol. The topological polar surface area (TPSA) is 85.2 Å². The molecule has 0 aliphatic rings. The fraction of sp³-hybridized carbons (Fsp3) is 0.385. The summed E-state index contributed by atoms with van der Waals surface area (Å²) in [6, 6.07) is 6.62. The number of phenols is 1. The van der Waals surface area contributed by atoms with Crippen molar-refractivity contribution < 1.29 is 9.63 Å². The summed E-state index contributed by atoms with van der Waals surface area (Å²) in [7, 11) is 0. The Morgan fingerprint density at radius 3 is 2.79 bits per heavy atom. The number of hydrogen-bond acceptors (Lipinski definition) is 6. The Morgan fingerprint density at radius 2 is 2.11 bits per heavy atom. The van der Waals surface area contributed by atoms with Crippen LogP contribution in [-0.4, -0.2) is 21.0 Å². The second-order valence-corrected chi connectivity index (χ2v) is 5.44. The summed E-state index contributed by atoms with van der Waals surface area (Å²) in [5, 5.41) is 13.1. The molecule has 1 atom stereocenters. The van der Waals surface area contributed by atoms with E-state index in [-0.39, 0.29) is 11.8 Å². The molecule has 0 radical (unpaired) electrons. The summed E-state index contributed by atoms with van der Waals surface area (Å²) in [6.07, 6.45) is 0.600. The second kappa shape index (κ2) is 6.58. The van der Waals surface area contributed by atoms with Crippen LogP contribution < -0.4 is 5.73 Å². The number of aromatic hydroxyl groups is 1. The molecular formula is C13H17N3O2S. The lowest BCUT2D eigenvalue weighted by molar-refractivity contribution is 0.351. The fourth-order valence-corrected chi connectivity index (χ4v) is 2.15. The standard InChI is InChI=1S/C13H17N3O2S/c1-2-19-8-12-15-13(18-16-12)11(14)7-9-3-5-10(17)6-4-9/h3-6,11,17H,2,7-8,14H2,1H3/t11-/m0/s1. The van der Waals surface area contributed by atoms with Crippen molar-refractivity contribution in [3.05, 3.63) is 41.5 Å². The lowest BCUT2D eigenvalue weighted by Crippen LogP contribution is -2.13. The maximum Gasteiger partial charge on any atom is 0.243 e. The number of phenolic OH excluding ortho intramolecular Hbond substituents is 1. The lowest BCUT2D eigenvalue weighted by atomic mass is 10.1. The molecule has 0 aliphatic carbocycles. The number of rotatable bonds is 6. The largest absolute Gasteiger partial charge is 0.508 e. The zero-order valence-corrected chi connectivity index (χ0v) is 11.6. The van der Waals surface area contributed by atoms with Crippen molar-refractivity contribution in [3.8, 4) is 5.75 Å². The number of nitrogens with zero attached hydrogens (tertiary/aromatic N) is 2. The van der Waals surface area contributed by atoms with Gasteiger partial charge in [0.25, 0.3) is 0 Å². The van der Waals surface area contributed by atoms with Gasteiger partial charge in [0.15, 0.2) is 5.82 Å². The van der Waals surface area contributed by atoms with Gasteiger partial charge < -0.3 is 15.4 Å². The normalized spacial score (nSPS) is 12.5. The molecule has 1 aromatic heterocycles. The summed E-state index contributed by atoms with van der Waals surface area (Å²) in [5.41, 5.74) is 7.06. The molecule has 0 spiro atoms. The zero-order valence-electron chi connectivity index (χ0n) is 10.7. The van der Waals surface area contributed by atoms with Crippen LogP contribution in [0.4, 0.5) is 0 Å². The third-order valence-corrected chi connectivity index (χ3v) is 3.50. The van der Waals surface area contributed by atoms with Gasteiger partial charge in [-0.3, -0.25) is 0 Å². The van der Waals surface area contributed by atoms with Crippen LogP contribution >= 0.6 is 11.8 Å². The van der Waals surface area contributed by atoms with E-state index in [1.807, 2.05) is 12.1 Å². The maximum atomic E-state index is 9.22. The van der Waals surface area contributed by atoms with Crippen LogP contribution in [0.1, 0.15) is 30.2 Å². The zero-order chi connectivity index (χ0) is 13.7. The first-order chi connectivity index (χ1) is 9.19. The molecule has 0 saturated carbocycles. The quantitative estimate of drug-likeness (QED) is 0.843. The van der Waals surface area contributed by atoms with E-state index in [0.717, 1.165) is 17.1 Å². The van der Waals surface area contributed by atoms with Crippen molar-refractivity contribution in [1.82, 2.24) is 10.1 Å². The van der Waals surface area contributed by atoms with E-state index in [1.54, 1.807) is 23.9 Å². The molecule has 102 valence electrons. The minimum absolute atomic E-state index is 0.244. The SMILES string of the molecule is CCSCc1noc([C@@H](N)Cc2ccc(O)cc2)n1. The molecule has 19 heavy (non-hydrogen) atoms. The third kappa shape index (κ3) is 3.97. The molecule has 0 saturated heterocycles. The molecule has 2 aromatic rings. The number of aromatic nitrogens is 2. The average Bonchev–Trinajstić information content (AvgIpc) is 2.88. The Morgan fingerprint density at radius 1 is 1.37 bits per heavy atom. The molecule has 3 N–H and O–H groups in total. The molecule has 0 fully saturated rings. The molecule has 0 aliphatic heterocycles. The molecular weight excluding hydrogens is 262 g/mol. The molecule has 1 aromatic carbocycles. The van der Waals surface area contributed by atoms with Crippen molar-refractivity contribution in [2.45, 2.75) is 25.1 Å². The Balaban J connectivity index is 1.97. The number of benzene rings is 1. The second-order valence-electron chi connectivity index (χ2n) is 4.16. The summed E-state index contributed by atoms with van der Waals surface area (Å²) in [4.78, 5) is 4.29. The van der Waals surface area contributed by atoms with Crippen molar-refractivity contribution in [3.63, 3.8) is 0 Å². The van der Waals surface area contributed by atoms with E-state index in [1.165, 1.54) is 0 Å². The predicted molar refractivity (Wildman–Crippen MR) is 74.9 cm³/mol. The van der Waals surface area contributed by atoms with E-state index in [2.05, 4.69) is 17.1 Å². The van der Waals surface area contributed by atoms with Gasteiger partial charge in [0, 0.05) is 0 Å². The number of nitrogens with two attached hydrogens (primary N) is 1. The first kappa shape index (κ1) is 13.9. The third-order valence-electron chi connectivity index (χ3n) is 2.63. The molecule has 0 amide bonds. The molecule has 0 bridgehead atoms. The van der Waals surface area contributed by atoms with Crippen LogP contribution in [0.5, 0.6) is 5.75 Å². The van der Waals surface area contributed by atoms with Gasteiger partial charge >= 0.3 is 0 Å². The number of thioether (sulfide) groups is 1. The number of hydrogen-bond donors (Lipinski definition) is 2. The minimum atomic E-state index is -0.322. The van der Waals surface area contributed by atoms with Gasteiger partial charge in [0.05, 0.1) is 11.8 Å². The van der Waals surface area contributed by atoms with Gasteiger partial charge in [0.2, 0.25) is 5.89 Å². The Hall–Kier alpha value is -1.53. The van der Waals surface area contributed by atoms with E-state index in [0.29, 0.717) is 18.1 Å². The van der Waals surface area contributed by atoms with E-state index in [4.69, 9.17) is 10.3 Å². The fourth-order valence-electron chi connectivity index (χ4n) is 1.64. The highest BCUT2D eigenvalue weighted by Gasteiger charge is 2.15. The summed E-state index contributed by atoms with van der Waals surface area (Å²) in [6.45, 7) is 2.09. The minimum Gasteiger partial charge on any atom is -0.508 e. The highest BCUT2D eigenvalue weighted by atomic mass is 32.2. The Bertz CT molecular complexity index is 513. The summed E-state index contributed by atoms with van der Waals surface area (Å²) >= 11 is 1.74. The van der Waals surface area contributed by atoms with Crippen LogP contribution in [0.2, 0.25) is 0 Å².